The molecule has 0 saturated carbocycles. The molecule has 1 fully saturated rings. The van der Waals surface area contributed by atoms with Crippen LogP contribution in [0.3, 0.4) is 0 Å². The summed E-state index contributed by atoms with van der Waals surface area (Å²) in [5.74, 6) is -0.0162. The van der Waals surface area contributed by atoms with Crippen molar-refractivity contribution in [2.75, 3.05) is 19.6 Å². The van der Waals surface area contributed by atoms with Crippen LogP contribution in [0.4, 0.5) is 0 Å². The van der Waals surface area contributed by atoms with Gasteiger partial charge >= 0.3 is 0 Å². The number of carbonyl (C=O) groups excluding carboxylic acids is 1. The molecule has 1 aliphatic heterocycles. The number of hydrogen-bond acceptors (Lipinski definition) is 5. The molecule has 2 rings (SSSR count). The summed E-state index contributed by atoms with van der Waals surface area (Å²) in [7, 11) is -3.55. The van der Waals surface area contributed by atoms with Crippen molar-refractivity contribution in [2.24, 2.45) is 17.6 Å². The number of nitrogens with one attached hydrogen (secondary N) is 1. The molecule has 1 unspecified atom stereocenters. The highest BCUT2D eigenvalue weighted by Crippen LogP contribution is 2.25. The van der Waals surface area contributed by atoms with Crippen molar-refractivity contribution in [2.45, 2.75) is 44.0 Å². The van der Waals surface area contributed by atoms with Crippen LogP contribution in [0.2, 0.25) is 0 Å². The molecule has 0 aliphatic carbocycles. The van der Waals surface area contributed by atoms with Gasteiger partial charge in [-0.3, -0.25) is 9.78 Å². The van der Waals surface area contributed by atoms with E-state index in [1.807, 2.05) is 20.8 Å². The second-order valence-corrected chi connectivity index (χ2v) is 9.07. The van der Waals surface area contributed by atoms with E-state index in [0.717, 1.165) is 0 Å². The van der Waals surface area contributed by atoms with Crippen LogP contribution < -0.4 is 11.1 Å². The fourth-order valence-corrected chi connectivity index (χ4v) is 4.26. The third-order valence-electron chi connectivity index (χ3n) is 5.20. The Kier molecular flexibility index (Phi) is 10.2. The number of rotatable bonds is 6. The first-order valence-corrected chi connectivity index (χ1v) is 10.1. The fraction of sp³-hybridized carbons (Fsp3) is 0.647. The summed E-state index contributed by atoms with van der Waals surface area (Å²) in [6.45, 7) is 7.02. The number of pyridine rings is 1. The zero-order chi connectivity index (χ0) is 18.7. The van der Waals surface area contributed by atoms with E-state index in [4.69, 9.17) is 5.73 Å². The lowest BCUT2D eigenvalue weighted by molar-refractivity contribution is -0.128. The van der Waals surface area contributed by atoms with Gasteiger partial charge < -0.3 is 11.1 Å². The predicted molar refractivity (Wildman–Crippen MR) is 111 cm³/mol. The molecular weight excluding hydrogens is 411 g/mol. The van der Waals surface area contributed by atoms with E-state index < -0.39 is 15.6 Å². The Bertz CT molecular complexity index is 695. The van der Waals surface area contributed by atoms with Gasteiger partial charge in [0.1, 0.15) is 4.90 Å². The van der Waals surface area contributed by atoms with E-state index in [1.165, 1.54) is 16.6 Å². The molecule has 0 spiro atoms. The lowest BCUT2D eigenvalue weighted by Crippen LogP contribution is -2.57. The van der Waals surface area contributed by atoms with Gasteiger partial charge in [0.25, 0.3) is 0 Å². The maximum atomic E-state index is 12.6. The summed E-state index contributed by atoms with van der Waals surface area (Å²) in [6, 6.07) is 3.14. The summed E-state index contributed by atoms with van der Waals surface area (Å²) >= 11 is 0. The van der Waals surface area contributed by atoms with Crippen molar-refractivity contribution in [3.63, 3.8) is 0 Å². The van der Waals surface area contributed by atoms with E-state index in [1.54, 1.807) is 12.3 Å². The normalized spacial score (nSPS) is 18.1. The molecule has 10 heteroatoms. The molecule has 1 aliphatic rings. The monoisotopic (exact) mass is 440 g/mol. The number of piperidine rings is 1. The number of hydrogen-bond donors (Lipinski definition) is 2. The van der Waals surface area contributed by atoms with Crippen LogP contribution >= 0.6 is 24.8 Å². The lowest BCUT2D eigenvalue weighted by atomic mass is 9.87. The minimum Gasteiger partial charge on any atom is -0.349 e. The highest BCUT2D eigenvalue weighted by atomic mass is 35.5. The van der Waals surface area contributed by atoms with Gasteiger partial charge in [-0.2, -0.15) is 4.31 Å². The number of nitrogens with zero attached hydrogens (tertiary/aromatic N) is 2. The maximum Gasteiger partial charge on any atom is 0.244 e. The highest BCUT2D eigenvalue weighted by Gasteiger charge is 2.35. The molecular formula is C17H30Cl2N4O3S. The van der Waals surface area contributed by atoms with E-state index >= 15 is 0 Å². The third-order valence-corrected chi connectivity index (χ3v) is 7.09. The van der Waals surface area contributed by atoms with Crippen LogP contribution in [0.1, 0.15) is 33.6 Å². The van der Waals surface area contributed by atoms with Crippen molar-refractivity contribution in [1.82, 2.24) is 14.6 Å². The molecule has 1 aromatic rings. The molecule has 0 bridgehead atoms. The molecule has 3 N–H and O–H groups in total. The quantitative estimate of drug-likeness (QED) is 0.701. The largest absolute Gasteiger partial charge is 0.349 e. The minimum absolute atomic E-state index is 0. The van der Waals surface area contributed by atoms with Gasteiger partial charge in [-0.15, -0.1) is 24.8 Å². The van der Waals surface area contributed by atoms with Crippen LogP contribution in [0, 0.1) is 11.8 Å². The number of amides is 1. The zero-order valence-corrected chi connectivity index (χ0v) is 18.4. The molecule has 27 heavy (non-hydrogen) atoms. The number of halogens is 2. The van der Waals surface area contributed by atoms with Crippen LogP contribution in [0.15, 0.2) is 29.4 Å². The number of carbonyl (C=O) groups is 1. The van der Waals surface area contributed by atoms with Crippen LogP contribution in [-0.4, -0.2) is 48.8 Å². The fourth-order valence-electron chi connectivity index (χ4n) is 2.82. The van der Waals surface area contributed by atoms with E-state index in [0.29, 0.717) is 32.5 Å². The van der Waals surface area contributed by atoms with Gasteiger partial charge in [0, 0.05) is 37.9 Å². The Morgan fingerprint density at radius 3 is 2.41 bits per heavy atom. The summed E-state index contributed by atoms with van der Waals surface area (Å²) in [4.78, 5) is 16.6. The number of sulfonamides is 1. The molecule has 1 amide bonds. The van der Waals surface area contributed by atoms with Crippen molar-refractivity contribution < 1.29 is 13.2 Å². The zero-order valence-electron chi connectivity index (χ0n) is 15.9. The number of nitrogens with two attached hydrogens (primary N) is 1. The lowest BCUT2D eigenvalue weighted by Gasteiger charge is -2.37. The van der Waals surface area contributed by atoms with Crippen molar-refractivity contribution in [3.05, 3.63) is 24.5 Å². The Hall–Kier alpha value is -0.930. The average Bonchev–Trinajstić information content (AvgIpc) is 2.62. The smallest absolute Gasteiger partial charge is 0.244 e. The molecule has 1 aromatic heterocycles. The SMILES string of the molecule is CC(C)C(C)(CN)NC(=O)C1CCN(S(=O)(=O)c2cccnc2)CC1.Cl.Cl. The van der Waals surface area contributed by atoms with Crippen molar-refractivity contribution in [3.8, 4) is 0 Å². The first-order valence-electron chi connectivity index (χ1n) is 8.63. The van der Waals surface area contributed by atoms with Crippen LogP contribution in [-0.2, 0) is 14.8 Å². The van der Waals surface area contributed by atoms with Gasteiger partial charge in [-0.05, 0) is 37.8 Å². The second kappa shape index (κ2) is 10.6. The summed E-state index contributed by atoms with van der Waals surface area (Å²) in [5.41, 5.74) is 5.37. The maximum absolute atomic E-state index is 12.6. The predicted octanol–water partition coefficient (Wildman–Crippen LogP) is 1.82. The standard InChI is InChI=1S/C17H28N4O3S.2ClH/c1-13(2)17(3,12-18)20-16(22)14-6-9-21(10-7-14)25(23,24)15-5-4-8-19-11-15;;/h4-5,8,11,13-14H,6-7,9-10,12,18H2,1-3H3,(H,20,22);2*1H. The average molecular weight is 441 g/mol. The molecule has 156 valence electrons. The highest BCUT2D eigenvalue weighted by molar-refractivity contribution is 7.89. The van der Waals surface area contributed by atoms with Crippen molar-refractivity contribution >= 4 is 40.7 Å². The van der Waals surface area contributed by atoms with E-state index in [-0.39, 0.29) is 47.5 Å². The molecule has 1 saturated heterocycles. The van der Waals surface area contributed by atoms with Gasteiger partial charge in [-0.25, -0.2) is 8.42 Å². The third kappa shape index (κ3) is 6.02. The Morgan fingerprint density at radius 1 is 1.37 bits per heavy atom. The second-order valence-electron chi connectivity index (χ2n) is 7.13. The topological polar surface area (TPSA) is 105 Å². The molecule has 2 heterocycles. The van der Waals surface area contributed by atoms with Gasteiger partial charge in [-0.1, -0.05) is 13.8 Å². The molecule has 0 aromatic carbocycles. The first kappa shape index (κ1) is 26.1. The Balaban J connectivity index is 0.00000338. The Labute approximate surface area is 174 Å². The Morgan fingerprint density at radius 2 is 1.96 bits per heavy atom. The molecule has 0 radical (unpaired) electrons. The molecule has 1 atom stereocenters. The van der Waals surface area contributed by atoms with Gasteiger partial charge in [0.05, 0.1) is 5.54 Å². The van der Waals surface area contributed by atoms with E-state index in [9.17, 15) is 13.2 Å². The van der Waals surface area contributed by atoms with Gasteiger partial charge in [0.2, 0.25) is 15.9 Å². The van der Waals surface area contributed by atoms with Gasteiger partial charge in [0.15, 0.2) is 0 Å². The summed E-state index contributed by atoms with van der Waals surface area (Å²) in [5, 5.41) is 3.06. The first-order chi connectivity index (χ1) is 11.7. The molecule has 7 nitrogen and oxygen atoms in total. The number of aromatic nitrogens is 1. The minimum atomic E-state index is -3.55. The summed E-state index contributed by atoms with van der Waals surface area (Å²) in [6.07, 6.45) is 3.90. The van der Waals surface area contributed by atoms with Crippen LogP contribution in [0.5, 0.6) is 0 Å². The van der Waals surface area contributed by atoms with Crippen LogP contribution in [0.25, 0.3) is 0 Å². The van der Waals surface area contributed by atoms with Crippen molar-refractivity contribution in [1.29, 1.82) is 0 Å². The van der Waals surface area contributed by atoms with E-state index in [2.05, 4.69) is 10.3 Å². The summed E-state index contributed by atoms with van der Waals surface area (Å²) < 4.78 is 26.6.